The van der Waals surface area contributed by atoms with Crippen LogP contribution in [0.3, 0.4) is 0 Å². The maximum absolute atomic E-state index is 11.0. The van der Waals surface area contributed by atoms with Crippen LogP contribution < -0.4 is 9.47 Å². The zero-order valence-electron chi connectivity index (χ0n) is 10.9. The summed E-state index contributed by atoms with van der Waals surface area (Å²) in [5, 5.41) is 0. The number of benzene rings is 1. The first-order valence-electron chi connectivity index (χ1n) is 6.00. The van der Waals surface area contributed by atoms with E-state index in [9.17, 15) is 4.79 Å². The fraction of sp³-hybridized carbons (Fsp3) is 0.200. The number of ether oxygens (including phenoxy) is 2. The third-order valence-corrected chi connectivity index (χ3v) is 2.65. The van der Waals surface area contributed by atoms with Crippen molar-refractivity contribution in [2.75, 3.05) is 13.7 Å². The summed E-state index contributed by atoms with van der Waals surface area (Å²) in [5.74, 6) is 1.21. The van der Waals surface area contributed by atoms with Crippen molar-refractivity contribution in [3.8, 4) is 22.8 Å². The fourth-order valence-electron chi connectivity index (χ4n) is 1.81. The number of aldehydes is 1. The zero-order valence-corrected chi connectivity index (χ0v) is 10.9. The Morgan fingerprint density at radius 1 is 1.21 bits per heavy atom. The standard InChI is InChI=1S/C15H15NO3/c1-3-19-14-7-11(10-17)6-13(8-14)12-4-5-16-15(9-12)18-2/h4-10H,3H2,1-2H3. The molecule has 0 saturated carbocycles. The number of nitrogens with zero attached hydrogens (tertiary/aromatic N) is 1. The number of methoxy groups -OCH3 is 1. The van der Waals surface area contributed by atoms with Gasteiger partial charge >= 0.3 is 0 Å². The summed E-state index contributed by atoms with van der Waals surface area (Å²) in [6, 6.07) is 9.11. The third kappa shape index (κ3) is 3.10. The maximum Gasteiger partial charge on any atom is 0.213 e. The van der Waals surface area contributed by atoms with Crippen molar-refractivity contribution < 1.29 is 14.3 Å². The third-order valence-electron chi connectivity index (χ3n) is 2.65. The number of pyridine rings is 1. The lowest BCUT2D eigenvalue weighted by Gasteiger charge is -2.08. The number of rotatable bonds is 5. The van der Waals surface area contributed by atoms with Gasteiger partial charge in [0.2, 0.25) is 5.88 Å². The van der Waals surface area contributed by atoms with Gasteiger partial charge in [-0.25, -0.2) is 4.98 Å². The first-order chi connectivity index (χ1) is 9.26. The topological polar surface area (TPSA) is 48.4 Å². The van der Waals surface area contributed by atoms with Gasteiger partial charge in [0.05, 0.1) is 13.7 Å². The molecule has 98 valence electrons. The van der Waals surface area contributed by atoms with E-state index >= 15 is 0 Å². The molecule has 0 aliphatic carbocycles. The molecule has 0 aliphatic rings. The second-order valence-corrected chi connectivity index (χ2v) is 3.93. The van der Waals surface area contributed by atoms with Gasteiger partial charge in [-0.1, -0.05) is 0 Å². The highest BCUT2D eigenvalue weighted by atomic mass is 16.5. The molecule has 0 aliphatic heterocycles. The van der Waals surface area contributed by atoms with Gasteiger partial charge in [0.1, 0.15) is 12.0 Å². The van der Waals surface area contributed by atoms with Crippen molar-refractivity contribution in [3.05, 3.63) is 42.1 Å². The Morgan fingerprint density at radius 2 is 2.05 bits per heavy atom. The Kier molecular flexibility index (Phi) is 4.13. The first kappa shape index (κ1) is 13.1. The van der Waals surface area contributed by atoms with Crippen LogP contribution in [-0.4, -0.2) is 25.0 Å². The van der Waals surface area contributed by atoms with Gasteiger partial charge in [0.25, 0.3) is 0 Å². The van der Waals surface area contributed by atoms with Crippen molar-refractivity contribution in [1.82, 2.24) is 4.98 Å². The number of hydrogen-bond acceptors (Lipinski definition) is 4. The van der Waals surface area contributed by atoms with E-state index in [0.717, 1.165) is 17.4 Å². The molecule has 0 radical (unpaired) electrons. The lowest BCUT2D eigenvalue weighted by atomic mass is 10.0. The van der Waals surface area contributed by atoms with Crippen LogP contribution in [-0.2, 0) is 0 Å². The van der Waals surface area contributed by atoms with E-state index in [0.29, 0.717) is 23.8 Å². The molecule has 0 atom stereocenters. The molecule has 4 nitrogen and oxygen atoms in total. The molecule has 1 aromatic carbocycles. The first-order valence-corrected chi connectivity index (χ1v) is 6.00. The predicted molar refractivity (Wildman–Crippen MR) is 72.8 cm³/mol. The molecule has 0 unspecified atom stereocenters. The Labute approximate surface area is 112 Å². The van der Waals surface area contributed by atoms with Crippen molar-refractivity contribution in [1.29, 1.82) is 0 Å². The average Bonchev–Trinajstić information content (AvgIpc) is 2.47. The Morgan fingerprint density at radius 3 is 2.74 bits per heavy atom. The van der Waals surface area contributed by atoms with Crippen LogP contribution in [0.25, 0.3) is 11.1 Å². The van der Waals surface area contributed by atoms with Gasteiger partial charge in [-0.2, -0.15) is 0 Å². The smallest absolute Gasteiger partial charge is 0.213 e. The average molecular weight is 257 g/mol. The van der Waals surface area contributed by atoms with E-state index in [2.05, 4.69) is 4.98 Å². The summed E-state index contributed by atoms with van der Waals surface area (Å²) in [6.45, 7) is 2.46. The van der Waals surface area contributed by atoms with E-state index in [-0.39, 0.29) is 0 Å². The van der Waals surface area contributed by atoms with Gasteiger partial charge in [-0.15, -0.1) is 0 Å². The molecule has 4 heteroatoms. The summed E-state index contributed by atoms with van der Waals surface area (Å²) in [7, 11) is 1.57. The molecular weight excluding hydrogens is 242 g/mol. The monoisotopic (exact) mass is 257 g/mol. The van der Waals surface area contributed by atoms with Gasteiger partial charge in [-0.3, -0.25) is 4.79 Å². The second-order valence-electron chi connectivity index (χ2n) is 3.93. The quantitative estimate of drug-likeness (QED) is 0.773. The Balaban J connectivity index is 2.47. The molecular formula is C15H15NO3. The van der Waals surface area contributed by atoms with Crippen LogP contribution in [0.4, 0.5) is 0 Å². The fourth-order valence-corrected chi connectivity index (χ4v) is 1.81. The summed E-state index contributed by atoms with van der Waals surface area (Å²) >= 11 is 0. The number of carbonyl (C=O) groups is 1. The van der Waals surface area contributed by atoms with E-state index in [1.165, 1.54) is 0 Å². The largest absolute Gasteiger partial charge is 0.494 e. The number of hydrogen-bond donors (Lipinski definition) is 0. The Bertz CT molecular complexity index is 581. The number of aromatic nitrogens is 1. The maximum atomic E-state index is 11.0. The van der Waals surface area contributed by atoms with Gasteiger partial charge < -0.3 is 9.47 Å². The molecule has 0 fully saturated rings. The van der Waals surface area contributed by atoms with Gasteiger partial charge in [0, 0.05) is 17.8 Å². The molecule has 2 rings (SSSR count). The molecule has 0 spiro atoms. The predicted octanol–water partition coefficient (Wildman–Crippen LogP) is 2.97. The lowest BCUT2D eigenvalue weighted by molar-refractivity contribution is 0.112. The van der Waals surface area contributed by atoms with Crippen molar-refractivity contribution in [2.45, 2.75) is 6.92 Å². The normalized spacial score (nSPS) is 10.0. The molecule has 0 amide bonds. The van der Waals surface area contributed by atoms with Crippen LogP contribution in [0.5, 0.6) is 11.6 Å². The summed E-state index contributed by atoms with van der Waals surface area (Å²) < 4.78 is 10.6. The number of carbonyl (C=O) groups excluding carboxylic acids is 1. The van der Waals surface area contributed by atoms with E-state index < -0.39 is 0 Å². The highest BCUT2D eigenvalue weighted by Gasteiger charge is 2.05. The van der Waals surface area contributed by atoms with Gasteiger partial charge in [0.15, 0.2) is 0 Å². The molecule has 0 bridgehead atoms. The summed E-state index contributed by atoms with van der Waals surface area (Å²) in [6.07, 6.45) is 2.48. The highest BCUT2D eigenvalue weighted by Crippen LogP contribution is 2.27. The van der Waals surface area contributed by atoms with Crippen LogP contribution in [0, 0.1) is 0 Å². The second kappa shape index (κ2) is 6.00. The van der Waals surface area contributed by atoms with Crippen molar-refractivity contribution >= 4 is 6.29 Å². The Hall–Kier alpha value is -2.36. The van der Waals surface area contributed by atoms with E-state index in [1.54, 1.807) is 19.4 Å². The molecule has 19 heavy (non-hydrogen) atoms. The van der Waals surface area contributed by atoms with Crippen LogP contribution in [0.1, 0.15) is 17.3 Å². The molecule has 1 heterocycles. The van der Waals surface area contributed by atoms with E-state index in [4.69, 9.17) is 9.47 Å². The minimum absolute atomic E-state index is 0.534. The highest BCUT2D eigenvalue weighted by molar-refractivity contribution is 5.80. The molecule has 0 N–H and O–H groups in total. The minimum atomic E-state index is 0.534. The van der Waals surface area contributed by atoms with Crippen LogP contribution in [0.15, 0.2) is 36.5 Å². The van der Waals surface area contributed by atoms with E-state index in [1.807, 2.05) is 31.2 Å². The lowest BCUT2D eigenvalue weighted by Crippen LogP contribution is -1.94. The van der Waals surface area contributed by atoms with Crippen LogP contribution in [0.2, 0.25) is 0 Å². The molecule has 1 aromatic heterocycles. The summed E-state index contributed by atoms with van der Waals surface area (Å²) in [4.78, 5) is 15.0. The summed E-state index contributed by atoms with van der Waals surface area (Å²) in [5.41, 5.74) is 2.40. The minimum Gasteiger partial charge on any atom is -0.494 e. The SMILES string of the molecule is CCOc1cc(C=O)cc(-c2ccnc(OC)c2)c1. The zero-order chi connectivity index (χ0) is 13.7. The van der Waals surface area contributed by atoms with Crippen LogP contribution >= 0.6 is 0 Å². The van der Waals surface area contributed by atoms with Gasteiger partial charge in [-0.05, 0) is 42.3 Å². The van der Waals surface area contributed by atoms with Crippen molar-refractivity contribution in [2.24, 2.45) is 0 Å². The van der Waals surface area contributed by atoms with Crippen molar-refractivity contribution in [3.63, 3.8) is 0 Å². The molecule has 0 saturated heterocycles. The molecule has 2 aromatic rings.